The first kappa shape index (κ1) is 13.8. The molecule has 0 radical (unpaired) electrons. The molecule has 1 amide bonds. The predicted octanol–water partition coefficient (Wildman–Crippen LogP) is 0.0789. The van der Waals surface area contributed by atoms with Crippen LogP contribution >= 0.6 is 0 Å². The van der Waals surface area contributed by atoms with Crippen LogP contribution in [0.2, 0.25) is 0 Å². The molecule has 1 aliphatic carbocycles. The molecule has 2 atom stereocenters. The number of carbonyl (C=O) groups is 1. The lowest BCUT2D eigenvalue weighted by Gasteiger charge is -2.37. The second kappa shape index (κ2) is 5.99. The number of aliphatic hydroxyl groups excluding tert-OH is 1. The number of hydrogen-bond acceptors (Lipinski definition) is 4. The maximum absolute atomic E-state index is 12.2. The fraction of sp³-hybridized carbons (Fsp3) is 0.923. The second-order valence-corrected chi connectivity index (χ2v) is 5.33. The van der Waals surface area contributed by atoms with Crippen LogP contribution in [-0.2, 0) is 9.53 Å². The van der Waals surface area contributed by atoms with E-state index in [0.717, 1.165) is 19.4 Å². The molecule has 0 bridgehead atoms. The summed E-state index contributed by atoms with van der Waals surface area (Å²) in [6.45, 7) is 6.61. The minimum absolute atomic E-state index is 0.0253. The van der Waals surface area contributed by atoms with Crippen molar-refractivity contribution >= 4 is 5.91 Å². The van der Waals surface area contributed by atoms with Gasteiger partial charge in [0.15, 0.2) is 0 Å². The number of carbonyl (C=O) groups excluding carboxylic acids is 1. The number of hydrogen-bond donors (Lipinski definition) is 1. The summed E-state index contributed by atoms with van der Waals surface area (Å²) in [5, 5.41) is 9.14. The summed E-state index contributed by atoms with van der Waals surface area (Å²) in [4.78, 5) is 16.4. The van der Waals surface area contributed by atoms with E-state index in [4.69, 9.17) is 9.84 Å². The number of aliphatic hydroxyl groups is 1. The van der Waals surface area contributed by atoms with Gasteiger partial charge in [-0.1, -0.05) is 0 Å². The number of likely N-dealkylation sites (N-methyl/N-ethyl adjacent to an activating group) is 1. The largest absolute Gasteiger partial charge is 0.394 e. The van der Waals surface area contributed by atoms with Gasteiger partial charge in [0.05, 0.1) is 25.9 Å². The van der Waals surface area contributed by atoms with Crippen LogP contribution in [0.4, 0.5) is 0 Å². The van der Waals surface area contributed by atoms with Crippen molar-refractivity contribution in [2.75, 3.05) is 32.8 Å². The summed E-state index contributed by atoms with van der Waals surface area (Å²) < 4.78 is 5.48. The summed E-state index contributed by atoms with van der Waals surface area (Å²) in [6, 6.07) is 0.724. The number of amides is 1. The zero-order chi connectivity index (χ0) is 13.1. The summed E-state index contributed by atoms with van der Waals surface area (Å²) in [5.74, 6) is 0.213. The number of rotatable bonds is 5. The maximum atomic E-state index is 12.2. The molecule has 104 valence electrons. The lowest BCUT2D eigenvalue weighted by Crippen LogP contribution is -2.53. The molecule has 0 aromatic rings. The number of ether oxygens (including phenoxy) is 1. The van der Waals surface area contributed by atoms with Crippen LogP contribution in [0.25, 0.3) is 0 Å². The third-order valence-electron chi connectivity index (χ3n) is 3.83. The Bertz CT molecular complexity index is 294. The van der Waals surface area contributed by atoms with Crippen LogP contribution in [-0.4, -0.2) is 71.8 Å². The average Bonchev–Trinajstić information content (AvgIpc) is 3.17. The first-order valence-corrected chi connectivity index (χ1v) is 6.91. The van der Waals surface area contributed by atoms with E-state index in [1.165, 1.54) is 0 Å². The molecule has 2 rings (SSSR count). The molecular formula is C13H24N2O3. The topological polar surface area (TPSA) is 53.0 Å². The monoisotopic (exact) mass is 256 g/mol. The Morgan fingerprint density at radius 3 is 2.78 bits per heavy atom. The molecular weight excluding hydrogens is 232 g/mol. The standard InChI is InChI=1S/C13H24N2O3/c1-3-15(11-4-5-11)13(17)7-14-6-12(8-16)18-9-10(14)2/h10-12,16H,3-9H2,1-2H3. The van der Waals surface area contributed by atoms with Crippen LogP contribution < -0.4 is 0 Å². The molecule has 1 saturated carbocycles. The highest BCUT2D eigenvalue weighted by molar-refractivity contribution is 5.79. The zero-order valence-corrected chi connectivity index (χ0v) is 11.3. The Kier molecular flexibility index (Phi) is 4.59. The van der Waals surface area contributed by atoms with Gasteiger partial charge in [0.2, 0.25) is 5.91 Å². The van der Waals surface area contributed by atoms with Gasteiger partial charge in [-0.3, -0.25) is 9.69 Å². The highest BCUT2D eigenvalue weighted by atomic mass is 16.5. The summed E-state index contributed by atoms with van der Waals surface area (Å²) in [5.41, 5.74) is 0. The van der Waals surface area contributed by atoms with Crippen molar-refractivity contribution in [1.82, 2.24) is 9.80 Å². The average molecular weight is 256 g/mol. The van der Waals surface area contributed by atoms with Gasteiger partial charge in [0.25, 0.3) is 0 Å². The first-order valence-electron chi connectivity index (χ1n) is 6.91. The molecule has 1 saturated heterocycles. The van der Waals surface area contributed by atoms with Crippen LogP contribution in [0.3, 0.4) is 0 Å². The highest BCUT2D eigenvalue weighted by Crippen LogP contribution is 2.26. The molecule has 2 fully saturated rings. The van der Waals surface area contributed by atoms with Crippen molar-refractivity contribution in [3.63, 3.8) is 0 Å². The van der Waals surface area contributed by atoms with Crippen LogP contribution in [0, 0.1) is 0 Å². The van der Waals surface area contributed by atoms with Crippen molar-refractivity contribution in [3.8, 4) is 0 Å². The maximum Gasteiger partial charge on any atom is 0.236 e. The third-order valence-corrected chi connectivity index (χ3v) is 3.83. The van der Waals surface area contributed by atoms with E-state index in [2.05, 4.69) is 11.8 Å². The van der Waals surface area contributed by atoms with Crippen LogP contribution in [0.15, 0.2) is 0 Å². The van der Waals surface area contributed by atoms with Crippen LogP contribution in [0.1, 0.15) is 26.7 Å². The van der Waals surface area contributed by atoms with Gasteiger partial charge in [-0.2, -0.15) is 0 Å². The Hall–Kier alpha value is -0.650. The lowest BCUT2D eigenvalue weighted by atomic mass is 10.2. The predicted molar refractivity (Wildman–Crippen MR) is 68.3 cm³/mol. The van der Waals surface area contributed by atoms with Crippen molar-refractivity contribution in [2.45, 2.75) is 44.9 Å². The van der Waals surface area contributed by atoms with E-state index in [9.17, 15) is 4.79 Å². The molecule has 5 heteroatoms. The summed E-state index contributed by atoms with van der Waals surface area (Å²) >= 11 is 0. The molecule has 18 heavy (non-hydrogen) atoms. The van der Waals surface area contributed by atoms with Crippen molar-refractivity contribution in [3.05, 3.63) is 0 Å². The molecule has 1 aliphatic heterocycles. The van der Waals surface area contributed by atoms with Gasteiger partial charge >= 0.3 is 0 Å². The van der Waals surface area contributed by atoms with E-state index < -0.39 is 0 Å². The van der Waals surface area contributed by atoms with Gasteiger partial charge in [-0.25, -0.2) is 0 Å². The fourth-order valence-corrected chi connectivity index (χ4v) is 2.49. The molecule has 0 spiro atoms. The third kappa shape index (κ3) is 3.22. The van der Waals surface area contributed by atoms with Gasteiger partial charge in [-0.15, -0.1) is 0 Å². The fourth-order valence-electron chi connectivity index (χ4n) is 2.49. The minimum atomic E-state index is -0.148. The van der Waals surface area contributed by atoms with Gasteiger partial charge < -0.3 is 14.7 Å². The normalized spacial score (nSPS) is 29.3. The van der Waals surface area contributed by atoms with Gasteiger partial charge in [0.1, 0.15) is 0 Å². The molecule has 0 aromatic carbocycles. The summed E-state index contributed by atoms with van der Waals surface area (Å²) in [6.07, 6.45) is 2.15. The van der Waals surface area contributed by atoms with Crippen molar-refractivity contribution < 1.29 is 14.6 Å². The van der Waals surface area contributed by atoms with Crippen LogP contribution in [0.5, 0.6) is 0 Å². The van der Waals surface area contributed by atoms with E-state index in [0.29, 0.717) is 25.7 Å². The molecule has 2 aliphatic rings. The molecule has 1 heterocycles. The number of morpholine rings is 1. The highest BCUT2D eigenvalue weighted by Gasteiger charge is 2.34. The van der Waals surface area contributed by atoms with Gasteiger partial charge in [-0.05, 0) is 26.7 Å². The zero-order valence-electron chi connectivity index (χ0n) is 11.3. The Labute approximate surface area is 109 Å². The molecule has 1 N–H and O–H groups in total. The quantitative estimate of drug-likeness (QED) is 0.757. The Morgan fingerprint density at radius 2 is 2.22 bits per heavy atom. The molecule has 5 nitrogen and oxygen atoms in total. The molecule has 0 aromatic heterocycles. The Morgan fingerprint density at radius 1 is 1.50 bits per heavy atom. The van der Waals surface area contributed by atoms with E-state index >= 15 is 0 Å². The minimum Gasteiger partial charge on any atom is -0.394 e. The second-order valence-electron chi connectivity index (χ2n) is 5.33. The lowest BCUT2D eigenvalue weighted by molar-refractivity contribution is -0.137. The molecule has 2 unspecified atom stereocenters. The van der Waals surface area contributed by atoms with E-state index in [1.54, 1.807) is 0 Å². The Balaban J connectivity index is 1.88. The van der Waals surface area contributed by atoms with E-state index in [1.807, 2.05) is 11.8 Å². The smallest absolute Gasteiger partial charge is 0.236 e. The SMILES string of the molecule is CCN(C(=O)CN1CC(CO)OCC1C)C1CC1. The number of nitrogens with zero attached hydrogens (tertiary/aromatic N) is 2. The van der Waals surface area contributed by atoms with E-state index in [-0.39, 0.29) is 24.7 Å². The van der Waals surface area contributed by atoms with Gasteiger partial charge in [0, 0.05) is 25.2 Å². The van der Waals surface area contributed by atoms with Crippen molar-refractivity contribution in [1.29, 1.82) is 0 Å². The van der Waals surface area contributed by atoms with Crippen molar-refractivity contribution in [2.24, 2.45) is 0 Å². The first-order chi connectivity index (χ1) is 8.65. The summed E-state index contributed by atoms with van der Waals surface area (Å²) in [7, 11) is 0.